The van der Waals surface area contributed by atoms with Crippen LogP contribution in [0.3, 0.4) is 0 Å². The summed E-state index contributed by atoms with van der Waals surface area (Å²) in [7, 11) is 5.77. The normalized spacial score (nSPS) is 10.2. The maximum absolute atomic E-state index is 6.43. The van der Waals surface area contributed by atoms with Crippen molar-refractivity contribution in [3.05, 3.63) is 57.6 Å². The molecule has 8 heteroatoms. The maximum atomic E-state index is 6.43. The van der Waals surface area contributed by atoms with Crippen molar-refractivity contribution in [3.63, 3.8) is 0 Å². The lowest BCUT2D eigenvalue weighted by Gasteiger charge is -2.15. The predicted molar refractivity (Wildman–Crippen MR) is 123 cm³/mol. The third kappa shape index (κ3) is 9.08. The monoisotopic (exact) mass is 468 g/mol. The minimum atomic E-state index is 0. The first-order chi connectivity index (χ1) is 12.5. The van der Waals surface area contributed by atoms with Crippen LogP contribution in [0.25, 0.3) is 0 Å². The summed E-state index contributed by atoms with van der Waals surface area (Å²) in [6.45, 7) is 3.15. The fraction of sp³-hybridized carbons (Fsp3) is 0.400. The van der Waals surface area contributed by atoms with Crippen molar-refractivity contribution < 1.29 is 9.47 Å². The van der Waals surface area contributed by atoms with Crippen LogP contribution in [0.5, 0.6) is 11.5 Å². The minimum absolute atomic E-state index is 0. The van der Waals surface area contributed by atoms with E-state index in [9.17, 15) is 0 Å². The van der Waals surface area contributed by atoms with Crippen LogP contribution in [-0.4, -0.2) is 39.2 Å². The number of nitrogens with zero attached hydrogens (tertiary/aromatic N) is 1. The van der Waals surface area contributed by atoms with Crippen LogP contribution in [0.2, 0.25) is 10.0 Å². The van der Waals surface area contributed by atoms with E-state index in [0.717, 1.165) is 37.2 Å². The molecule has 2 aromatic rings. The summed E-state index contributed by atoms with van der Waals surface area (Å²) in [5.74, 6) is 1.19. The smallest absolute Gasteiger partial charge is 0.180 e. The Kier molecular flexibility index (Phi) is 13.7. The van der Waals surface area contributed by atoms with E-state index in [1.54, 1.807) is 7.11 Å². The molecule has 0 amide bonds. The first-order valence-corrected chi connectivity index (χ1v) is 9.34. The third-order valence-corrected chi connectivity index (χ3v) is 4.41. The van der Waals surface area contributed by atoms with E-state index in [4.69, 9.17) is 32.7 Å². The van der Waals surface area contributed by atoms with Gasteiger partial charge in [0.05, 0.1) is 12.1 Å². The van der Waals surface area contributed by atoms with Gasteiger partial charge in [-0.25, -0.2) is 0 Å². The number of hydrogen-bond donors (Lipinski definition) is 1. The van der Waals surface area contributed by atoms with Crippen LogP contribution in [0.4, 0.5) is 0 Å². The molecule has 0 saturated heterocycles. The van der Waals surface area contributed by atoms with Gasteiger partial charge in [0.1, 0.15) is 6.61 Å². The highest BCUT2D eigenvalue weighted by molar-refractivity contribution is 6.32. The lowest BCUT2D eigenvalue weighted by molar-refractivity contribution is 0.284. The van der Waals surface area contributed by atoms with Gasteiger partial charge in [0.25, 0.3) is 0 Å². The van der Waals surface area contributed by atoms with Crippen LogP contribution < -0.4 is 14.8 Å². The number of halogens is 4. The molecule has 0 aromatic heterocycles. The second kappa shape index (κ2) is 14.2. The van der Waals surface area contributed by atoms with Crippen molar-refractivity contribution in [3.8, 4) is 11.5 Å². The number of hydrogen-bond acceptors (Lipinski definition) is 4. The number of nitrogens with one attached hydrogen (secondary N) is 1. The summed E-state index contributed by atoms with van der Waals surface area (Å²) >= 11 is 12.3. The van der Waals surface area contributed by atoms with Crippen molar-refractivity contribution in [2.24, 2.45) is 0 Å². The molecule has 28 heavy (non-hydrogen) atoms. The van der Waals surface area contributed by atoms with Gasteiger partial charge in [-0.1, -0.05) is 35.3 Å². The average Bonchev–Trinajstić information content (AvgIpc) is 2.61. The molecule has 0 aliphatic heterocycles. The van der Waals surface area contributed by atoms with Gasteiger partial charge < -0.3 is 19.7 Å². The molecule has 0 heterocycles. The van der Waals surface area contributed by atoms with E-state index >= 15 is 0 Å². The molecule has 0 unspecified atom stereocenters. The molecule has 2 aromatic carbocycles. The lowest BCUT2D eigenvalue weighted by Crippen LogP contribution is -2.21. The SMILES string of the molecule is COc1cc(CNCCCN(C)C)cc(Cl)c1OCc1ccc(Cl)cc1.Cl.Cl. The van der Waals surface area contributed by atoms with Crippen LogP contribution in [0, 0.1) is 0 Å². The molecule has 0 saturated carbocycles. The highest BCUT2D eigenvalue weighted by Gasteiger charge is 2.12. The van der Waals surface area contributed by atoms with Crippen molar-refractivity contribution in [2.45, 2.75) is 19.6 Å². The summed E-state index contributed by atoms with van der Waals surface area (Å²) < 4.78 is 11.4. The summed E-state index contributed by atoms with van der Waals surface area (Å²) in [4.78, 5) is 2.17. The zero-order chi connectivity index (χ0) is 18.9. The summed E-state index contributed by atoms with van der Waals surface area (Å²) in [5, 5.41) is 4.67. The molecular weight excluding hydrogens is 442 g/mol. The minimum Gasteiger partial charge on any atom is -0.493 e. The summed E-state index contributed by atoms with van der Waals surface area (Å²) in [6, 6.07) is 11.4. The average molecular weight is 470 g/mol. The van der Waals surface area contributed by atoms with Gasteiger partial charge in [0, 0.05) is 11.6 Å². The molecule has 0 fully saturated rings. The molecule has 0 atom stereocenters. The van der Waals surface area contributed by atoms with Crippen molar-refractivity contribution in [1.29, 1.82) is 0 Å². The number of rotatable bonds is 10. The molecule has 2 rings (SSSR count). The molecule has 0 spiro atoms. The first kappa shape index (κ1) is 27.1. The van der Waals surface area contributed by atoms with Gasteiger partial charge in [-0.3, -0.25) is 0 Å². The van der Waals surface area contributed by atoms with Gasteiger partial charge in [-0.05, 0) is 69.0 Å². The maximum Gasteiger partial charge on any atom is 0.180 e. The molecule has 0 aliphatic carbocycles. The van der Waals surface area contributed by atoms with Gasteiger partial charge in [0.15, 0.2) is 11.5 Å². The molecule has 0 aliphatic rings. The fourth-order valence-corrected chi connectivity index (χ4v) is 2.92. The van der Waals surface area contributed by atoms with E-state index in [0.29, 0.717) is 28.2 Å². The van der Waals surface area contributed by atoms with Crippen LogP contribution in [0.1, 0.15) is 17.5 Å². The fourth-order valence-electron chi connectivity index (χ4n) is 2.50. The number of ether oxygens (including phenoxy) is 2. The van der Waals surface area contributed by atoms with E-state index in [1.165, 1.54) is 0 Å². The van der Waals surface area contributed by atoms with E-state index < -0.39 is 0 Å². The van der Waals surface area contributed by atoms with Gasteiger partial charge in [-0.15, -0.1) is 24.8 Å². The number of benzene rings is 2. The van der Waals surface area contributed by atoms with Gasteiger partial charge in [0.2, 0.25) is 0 Å². The molecule has 4 nitrogen and oxygen atoms in total. The predicted octanol–water partition coefficient (Wildman–Crippen LogP) is 5.47. The zero-order valence-corrected chi connectivity index (χ0v) is 19.5. The Morgan fingerprint density at radius 3 is 2.29 bits per heavy atom. The topological polar surface area (TPSA) is 33.7 Å². The van der Waals surface area contributed by atoms with Crippen molar-refractivity contribution in [1.82, 2.24) is 10.2 Å². The molecule has 1 N–H and O–H groups in total. The molecule has 0 radical (unpaired) electrons. The zero-order valence-electron chi connectivity index (χ0n) is 16.3. The molecule has 158 valence electrons. The Hall–Kier alpha value is -0.880. The highest BCUT2D eigenvalue weighted by Crippen LogP contribution is 2.37. The van der Waals surface area contributed by atoms with Crippen LogP contribution in [0.15, 0.2) is 36.4 Å². The Labute approximate surface area is 190 Å². The second-order valence-corrected chi connectivity index (χ2v) is 7.20. The first-order valence-electron chi connectivity index (χ1n) is 8.58. The van der Waals surface area contributed by atoms with E-state index in [1.807, 2.05) is 36.4 Å². The molecular formula is C20H28Cl4N2O2. The van der Waals surface area contributed by atoms with Crippen molar-refractivity contribution in [2.75, 3.05) is 34.3 Å². The molecule has 0 bridgehead atoms. The summed E-state index contributed by atoms with van der Waals surface area (Å²) in [6.07, 6.45) is 1.10. The third-order valence-electron chi connectivity index (χ3n) is 3.87. The standard InChI is InChI=1S/C20H26Cl2N2O2.2ClH/c1-24(2)10-4-9-23-13-16-11-18(22)20(19(12-16)25-3)26-14-15-5-7-17(21)8-6-15;;/h5-8,11-12,23H,4,9-10,13-14H2,1-3H3;2*1H. The Bertz CT molecular complexity index is 697. The van der Waals surface area contributed by atoms with Crippen LogP contribution >= 0.6 is 48.0 Å². The van der Waals surface area contributed by atoms with Gasteiger partial charge in [-0.2, -0.15) is 0 Å². The van der Waals surface area contributed by atoms with Crippen LogP contribution in [-0.2, 0) is 13.2 Å². The van der Waals surface area contributed by atoms with Crippen molar-refractivity contribution >= 4 is 48.0 Å². The lowest BCUT2D eigenvalue weighted by atomic mass is 10.2. The largest absolute Gasteiger partial charge is 0.493 e. The second-order valence-electron chi connectivity index (χ2n) is 6.36. The Balaban J connectivity index is 0.00000364. The van der Waals surface area contributed by atoms with Gasteiger partial charge >= 0.3 is 0 Å². The van der Waals surface area contributed by atoms with E-state index in [-0.39, 0.29) is 24.8 Å². The summed E-state index contributed by atoms with van der Waals surface area (Å²) in [5.41, 5.74) is 2.08. The Morgan fingerprint density at radius 1 is 1.00 bits per heavy atom. The highest BCUT2D eigenvalue weighted by atomic mass is 35.5. The number of methoxy groups -OCH3 is 1. The quantitative estimate of drug-likeness (QED) is 0.468. The van der Waals surface area contributed by atoms with E-state index in [2.05, 4.69) is 24.3 Å². The Morgan fingerprint density at radius 2 is 1.68 bits per heavy atom.